The molecule has 0 aliphatic carbocycles. The van der Waals surface area contributed by atoms with E-state index in [4.69, 9.17) is 0 Å². The van der Waals surface area contributed by atoms with Gasteiger partial charge in [0.25, 0.3) is 0 Å². The molecule has 19 heavy (non-hydrogen) atoms. The van der Waals surface area contributed by atoms with Crippen molar-refractivity contribution in [1.29, 1.82) is 0 Å². The molecule has 0 saturated heterocycles. The fourth-order valence-corrected chi connectivity index (χ4v) is 3.22. The van der Waals surface area contributed by atoms with Gasteiger partial charge in [0.1, 0.15) is 5.82 Å². The summed E-state index contributed by atoms with van der Waals surface area (Å²) < 4.78 is 74.5. The van der Waals surface area contributed by atoms with Gasteiger partial charge in [-0.05, 0) is 23.8 Å². The Balaban J connectivity index is 2.45. The number of rotatable bonds is 2. The van der Waals surface area contributed by atoms with Gasteiger partial charge in [0.2, 0.25) is 10.0 Å². The van der Waals surface area contributed by atoms with Gasteiger partial charge in [0.15, 0.2) is 0 Å². The van der Waals surface area contributed by atoms with Gasteiger partial charge in [-0.3, -0.25) is 4.31 Å². The van der Waals surface area contributed by atoms with Gasteiger partial charge in [-0.25, -0.2) is 12.8 Å². The lowest BCUT2D eigenvalue weighted by Gasteiger charge is -2.17. The zero-order valence-electron chi connectivity index (χ0n) is 9.91. The number of nitrogens with zero attached hydrogens (tertiary/aromatic N) is 1. The Morgan fingerprint density at radius 1 is 1.37 bits per heavy atom. The average Bonchev–Trinajstić information content (AvgIpc) is 2.54. The van der Waals surface area contributed by atoms with Crippen molar-refractivity contribution in [3.63, 3.8) is 0 Å². The van der Waals surface area contributed by atoms with E-state index in [0.717, 1.165) is 22.7 Å². The smallest absolute Gasteiger partial charge is 0.270 e. The fourth-order valence-electron chi connectivity index (χ4n) is 2.24. The zero-order chi connectivity index (χ0) is 14.4. The van der Waals surface area contributed by atoms with Crippen LogP contribution in [0.4, 0.5) is 23.2 Å². The molecule has 0 N–H and O–H groups in total. The lowest BCUT2D eigenvalue weighted by Crippen LogP contribution is -2.29. The molecule has 3 nitrogen and oxygen atoms in total. The lowest BCUT2D eigenvalue weighted by atomic mass is 9.98. The van der Waals surface area contributed by atoms with Crippen LogP contribution < -0.4 is 4.31 Å². The summed E-state index contributed by atoms with van der Waals surface area (Å²) >= 11 is 0. The molecule has 1 aliphatic heterocycles. The van der Waals surface area contributed by atoms with E-state index < -0.39 is 34.4 Å². The molecule has 1 atom stereocenters. The quantitative estimate of drug-likeness (QED) is 0.787. The minimum Gasteiger partial charge on any atom is -0.270 e. The van der Waals surface area contributed by atoms with Crippen molar-refractivity contribution >= 4 is 15.7 Å². The standard InChI is InChI=1S/C11H11F4NO2S/c1-19(17,18)16-6-7(5-11(13,14)15)9-4-8(12)2-3-10(9)16/h2-4,7H,5-6H2,1H3. The molecule has 0 amide bonds. The minimum atomic E-state index is -4.43. The number of anilines is 1. The normalized spacial score (nSPS) is 19.6. The highest BCUT2D eigenvalue weighted by Gasteiger charge is 2.40. The van der Waals surface area contributed by atoms with Crippen LogP contribution in [0.2, 0.25) is 0 Å². The molecule has 0 spiro atoms. The van der Waals surface area contributed by atoms with Gasteiger partial charge in [0, 0.05) is 12.5 Å². The topological polar surface area (TPSA) is 37.4 Å². The predicted octanol–water partition coefficient (Wildman–Crippen LogP) is 2.64. The maximum Gasteiger partial charge on any atom is 0.389 e. The van der Waals surface area contributed by atoms with Crippen LogP contribution in [0, 0.1) is 5.82 Å². The van der Waals surface area contributed by atoms with Gasteiger partial charge >= 0.3 is 6.18 Å². The Morgan fingerprint density at radius 2 is 2.00 bits per heavy atom. The third kappa shape index (κ3) is 2.99. The Hall–Kier alpha value is -1.31. The summed E-state index contributed by atoms with van der Waals surface area (Å²) in [5.74, 6) is -1.75. The second kappa shape index (κ2) is 4.36. The van der Waals surface area contributed by atoms with Crippen molar-refractivity contribution in [1.82, 2.24) is 0 Å². The summed E-state index contributed by atoms with van der Waals surface area (Å²) in [6, 6.07) is 3.20. The largest absolute Gasteiger partial charge is 0.389 e. The Labute approximate surface area is 107 Å². The molecule has 1 aromatic rings. The molecule has 0 radical (unpaired) electrons. The first-order valence-corrected chi connectivity index (χ1v) is 7.26. The predicted molar refractivity (Wildman–Crippen MR) is 62.0 cm³/mol. The second-order valence-corrected chi connectivity index (χ2v) is 6.42. The number of halogens is 4. The van der Waals surface area contributed by atoms with Gasteiger partial charge in [-0.2, -0.15) is 13.2 Å². The molecule has 1 heterocycles. The van der Waals surface area contributed by atoms with E-state index in [2.05, 4.69) is 0 Å². The van der Waals surface area contributed by atoms with E-state index in [1.807, 2.05) is 0 Å². The van der Waals surface area contributed by atoms with Gasteiger partial charge in [0.05, 0.1) is 18.4 Å². The molecule has 0 bridgehead atoms. The molecule has 0 saturated carbocycles. The number of sulfonamides is 1. The molecule has 1 aromatic carbocycles. The van der Waals surface area contributed by atoms with Gasteiger partial charge < -0.3 is 0 Å². The Bertz CT molecular complexity index is 597. The van der Waals surface area contributed by atoms with Crippen molar-refractivity contribution < 1.29 is 26.0 Å². The highest BCUT2D eigenvalue weighted by atomic mass is 32.2. The molecule has 8 heteroatoms. The van der Waals surface area contributed by atoms with Crippen molar-refractivity contribution in [3.8, 4) is 0 Å². The van der Waals surface area contributed by atoms with Crippen molar-refractivity contribution in [2.45, 2.75) is 18.5 Å². The number of fused-ring (bicyclic) bond motifs is 1. The first kappa shape index (κ1) is 14.1. The summed E-state index contributed by atoms with van der Waals surface area (Å²) in [5.41, 5.74) is 0.209. The van der Waals surface area contributed by atoms with Crippen LogP contribution in [0.3, 0.4) is 0 Å². The summed E-state index contributed by atoms with van der Waals surface area (Å²) in [4.78, 5) is 0. The van der Waals surface area contributed by atoms with Crippen LogP contribution in [-0.4, -0.2) is 27.4 Å². The van der Waals surface area contributed by atoms with E-state index in [9.17, 15) is 26.0 Å². The van der Waals surface area contributed by atoms with Gasteiger partial charge in [-0.15, -0.1) is 0 Å². The molecule has 1 unspecified atom stereocenters. The zero-order valence-corrected chi connectivity index (χ0v) is 10.7. The number of hydrogen-bond donors (Lipinski definition) is 0. The Kier molecular flexibility index (Phi) is 3.24. The highest BCUT2D eigenvalue weighted by molar-refractivity contribution is 7.92. The summed E-state index contributed by atoms with van der Waals surface area (Å²) in [6.07, 6.45) is -4.69. The van der Waals surface area contributed by atoms with Crippen molar-refractivity contribution in [2.24, 2.45) is 0 Å². The molecule has 0 aromatic heterocycles. The lowest BCUT2D eigenvalue weighted by molar-refractivity contribution is -0.137. The van der Waals surface area contributed by atoms with Crippen molar-refractivity contribution in [3.05, 3.63) is 29.6 Å². The SMILES string of the molecule is CS(=O)(=O)N1CC(CC(F)(F)F)c2cc(F)ccc21. The summed E-state index contributed by atoms with van der Waals surface area (Å²) in [5, 5.41) is 0. The van der Waals surface area contributed by atoms with E-state index in [0.29, 0.717) is 0 Å². The van der Waals surface area contributed by atoms with Crippen molar-refractivity contribution in [2.75, 3.05) is 17.1 Å². The monoisotopic (exact) mass is 297 g/mol. The molecule has 2 rings (SSSR count). The van der Waals surface area contributed by atoms with E-state index in [-0.39, 0.29) is 17.8 Å². The minimum absolute atomic E-state index is 0.0859. The van der Waals surface area contributed by atoms with Crippen LogP contribution in [-0.2, 0) is 10.0 Å². The molecule has 106 valence electrons. The highest BCUT2D eigenvalue weighted by Crippen LogP contribution is 2.43. The van der Waals surface area contributed by atoms with E-state index in [1.54, 1.807) is 0 Å². The fraction of sp³-hybridized carbons (Fsp3) is 0.455. The first-order valence-electron chi connectivity index (χ1n) is 5.42. The maximum atomic E-state index is 13.1. The first-order chi connectivity index (χ1) is 8.58. The third-order valence-electron chi connectivity index (χ3n) is 2.96. The average molecular weight is 297 g/mol. The van der Waals surface area contributed by atoms with Crippen LogP contribution in [0.5, 0.6) is 0 Å². The van der Waals surface area contributed by atoms with E-state index >= 15 is 0 Å². The van der Waals surface area contributed by atoms with Crippen LogP contribution in [0.25, 0.3) is 0 Å². The van der Waals surface area contributed by atoms with E-state index in [1.165, 1.54) is 6.07 Å². The molecular formula is C11H11F4NO2S. The summed E-state index contributed by atoms with van der Waals surface area (Å²) in [7, 11) is -3.67. The third-order valence-corrected chi connectivity index (χ3v) is 4.11. The van der Waals surface area contributed by atoms with Gasteiger partial charge in [-0.1, -0.05) is 0 Å². The summed E-state index contributed by atoms with van der Waals surface area (Å²) in [6.45, 7) is -0.308. The molecule has 0 fully saturated rings. The maximum absolute atomic E-state index is 13.1. The van der Waals surface area contributed by atoms with Crippen LogP contribution >= 0.6 is 0 Å². The van der Waals surface area contributed by atoms with Crippen LogP contribution in [0.15, 0.2) is 18.2 Å². The second-order valence-electron chi connectivity index (χ2n) is 4.51. The number of alkyl halides is 3. The molecular weight excluding hydrogens is 286 g/mol. The Morgan fingerprint density at radius 3 is 2.53 bits per heavy atom. The molecule has 1 aliphatic rings. The number of hydrogen-bond acceptors (Lipinski definition) is 2. The van der Waals surface area contributed by atoms with Crippen LogP contribution in [0.1, 0.15) is 17.9 Å². The number of benzene rings is 1.